The maximum absolute atomic E-state index is 14.0. The third-order valence-corrected chi connectivity index (χ3v) is 4.50. The average molecular weight is 357 g/mol. The number of anilines is 2. The van der Waals surface area contributed by atoms with Gasteiger partial charge in [-0.2, -0.15) is 0 Å². The number of carbonyl (C=O) groups is 2. The van der Waals surface area contributed by atoms with Crippen molar-refractivity contribution < 1.29 is 14.0 Å². The SMILES string of the molecule is CC(=O)Nc1ccc(F)c(C(=O)Nc2nc3c(C)cc(C)cc3s2)c1. The van der Waals surface area contributed by atoms with Crippen molar-refractivity contribution >= 4 is 44.2 Å². The third kappa shape index (κ3) is 3.66. The zero-order chi connectivity index (χ0) is 18.1. The largest absolute Gasteiger partial charge is 0.326 e. The van der Waals surface area contributed by atoms with E-state index in [-0.39, 0.29) is 11.5 Å². The lowest BCUT2D eigenvalue weighted by molar-refractivity contribution is -0.114. The van der Waals surface area contributed by atoms with E-state index in [0.29, 0.717) is 10.8 Å². The van der Waals surface area contributed by atoms with Crippen LogP contribution in [-0.2, 0) is 4.79 Å². The summed E-state index contributed by atoms with van der Waals surface area (Å²) < 4.78 is 14.9. The normalized spacial score (nSPS) is 10.7. The van der Waals surface area contributed by atoms with E-state index in [1.807, 2.05) is 26.0 Å². The van der Waals surface area contributed by atoms with E-state index in [9.17, 15) is 14.0 Å². The van der Waals surface area contributed by atoms with E-state index in [2.05, 4.69) is 15.6 Å². The molecule has 3 aromatic rings. The van der Waals surface area contributed by atoms with Gasteiger partial charge in [0, 0.05) is 12.6 Å². The minimum atomic E-state index is -0.667. The number of rotatable bonds is 3. The number of aryl methyl sites for hydroxylation is 2. The molecule has 0 bridgehead atoms. The Morgan fingerprint density at radius 3 is 2.60 bits per heavy atom. The number of benzene rings is 2. The van der Waals surface area contributed by atoms with E-state index in [1.165, 1.54) is 30.4 Å². The van der Waals surface area contributed by atoms with Gasteiger partial charge in [0.1, 0.15) is 5.82 Å². The Morgan fingerprint density at radius 1 is 1.12 bits per heavy atom. The summed E-state index contributed by atoms with van der Waals surface area (Å²) in [6, 6.07) is 7.86. The maximum Gasteiger partial charge on any atom is 0.260 e. The predicted molar refractivity (Wildman–Crippen MR) is 97.8 cm³/mol. The molecule has 0 aliphatic carbocycles. The third-order valence-electron chi connectivity index (χ3n) is 3.58. The van der Waals surface area contributed by atoms with Crippen LogP contribution in [0.1, 0.15) is 28.4 Å². The summed E-state index contributed by atoms with van der Waals surface area (Å²) in [5.74, 6) is -1.58. The number of halogens is 1. The standard InChI is InChI=1S/C18H16FN3O2S/c1-9-6-10(2)16-15(7-9)25-18(21-16)22-17(24)13-8-12(20-11(3)23)4-5-14(13)19/h4-8H,1-3H3,(H,20,23)(H,21,22,24). The van der Waals surface area contributed by atoms with Crippen LogP contribution in [-0.4, -0.2) is 16.8 Å². The summed E-state index contributed by atoms with van der Waals surface area (Å²) in [6.45, 7) is 5.29. The van der Waals surface area contributed by atoms with E-state index < -0.39 is 11.7 Å². The number of carbonyl (C=O) groups excluding carboxylic acids is 2. The summed E-state index contributed by atoms with van der Waals surface area (Å²) in [6.07, 6.45) is 0. The molecule has 2 amide bonds. The van der Waals surface area contributed by atoms with E-state index in [1.54, 1.807) is 0 Å². The first kappa shape index (κ1) is 17.0. The summed E-state index contributed by atoms with van der Waals surface area (Å²) in [5, 5.41) is 5.56. The second-order valence-electron chi connectivity index (χ2n) is 5.78. The summed E-state index contributed by atoms with van der Waals surface area (Å²) in [7, 11) is 0. The number of nitrogens with zero attached hydrogens (tertiary/aromatic N) is 1. The minimum Gasteiger partial charge on any atom is -0.326 e. The molecule has 0 spiro atoms. The second-order valence-corrected chi connectivity index (χ2v) is 6.81. The van der Waals surface area contributed by atoms with Crippen molar-refractivity contribution in [2.75, 3.05) is 10.6 Å². The van der Waals surface area contributed by atoms with E-state index >= 15 is 0 Å². The Kier molecular flexibility index (Phi) is 4.50. The van der Waals surface area contributed by atoms with Gasteiger partial charge >= 0.3 is 0 Å². The van der Waals surface area contributed by atoms with Crippen molar-refractivity contribution in [2.24, 2.45) is 0 Å². The molecule has 5 nitrogen and oxygen atoms in total. The van der Waals surface area contributed by atoms with Gasteiger partial charge in [0.2, 0.25) is 5.91 Å². The molecular formula is C18H16FN3O2S. The molecule has 0 aliphatic heterocycles. The molecule has 0 aliphatic rings. The molecule has 0 saturated carbocycles. The van der Waals surface area contributed by atoms with Gasteiger partial charge in [-0.3, -0.25) is 14.9 Å². The first-order valence-corrected chi connectivity index (χ1v) is 8.41. The van der Waals surface area contributed by atoms with Crippen molar-refractivity contribution in [3.63, 3.8) is 0 Å². The Morgan fingerprint density at radius 2 is 1.88 bits per heavy atom. The highest BCUT2D eigenvalue weighted by Gasteiger charge is 2.16. The van der Waals surface area contributed by atoms with Crippen molar-refractivity contribution in [3.05, 3.63) is 52.8 Å². The highest BCUT2D eigenvalue weighted by Crippen LogP contribution is 2.29. The fourth-order valence-corrected chi connectivity index (χ4v) is 3.61. The average Bonchev–Trinajstić information content (AvgIpc) is 2.91. The lowest BCUT2D eigenvalue weighted by Gasteiger charge is -2.07. The number of nitrogens with one attached hydrogen (secondary N) is 2. The van der Waals surface area contributed by atoms with Crippen LogP contribution >= 0.6 is 11.3 Å². The highest BCUT2D eigenvalue weighted by molar-refractivity contribution is 7.22. The van der Waals surface area contributed by atoms with Gasteiger partial charge in [0.05, 0.1) is 15.8 Å². The molecule has 0 saturated heterocycles. The lowest BCUT2D eigenvalue weighted by atomic mass is 10.1. The lowest BCUT2D eigenvalue weighted by Crippen LogP contribution is -2.15. The molecule has 2 aromatic carbocycles. The van der Waals surface area contributed by atoms with Crippen LogP contribution in [0.3, 0.4) is 0 Å². The summed E-state index contributed by atoms with van der Waals surface area (Å²) in [5.41, 5.74) is 3.15. The molecular weight excluding hydrogens is 341 g/mol. The molecule has 3 rings (SSSR count). The molecule has 0 radical (unpaired) electrons. The molecule has 1 aromatic heterocycles. The van der Waals surface area contributed by atoms with Gasteiger partial charge in [0.25, 0.3) is 5.91 Å². The van der Waals surface area contributed by atoms with Gasteiger partial charge in [0.15, 0.2) is 5.13 Å². The Hall–Kier alpha value is -2.80. The fraction of sp³-hybridized carbons (Fsp3) is 0.167. The fourth-order valence-electron chi connectivity index (χ4n) is 2.57. The Bertz CT molecular complexity index is 997. The van der Waals surface area contributed by atoms with Gasteiger partial charge in [-0.25, -0.2) is 9.37 Å². The van der Waals surface area contributed by atoms with Gasteiger partial charge in [-0.1, -0.05) is 17.4 Å². The predicted octanol–water partition coefficient (Wildman–Crippen LogP) is 4.26. The maximum atomic E-state index is 14.0. The van der Waals surface area contributed by atoms with Crippen LogP contribution in [0.15, 0.2) is 30.3 Å². The smallest absolute Gasteiger partial charge is 0.260 e. The highest BCUT2D eigenvalue weighted by atomic mass is 32.1. The van der Waals surface area contributed by atoms with Crippen molar-refractivity contribution in [2.45, 2.75) is 20.8 Å². The van der Waals surface area contributed by atoms with Crippen LogP contribution in [0.4, 0.5) is 15.2 Å². The van der Waals surface area contributed by atoms with Crippen molar-refractivity contribution in [3.8, 4) is 0 Å². The zero-order valence-corrected chi connectivity index (χ0v) is 14.8. The molecule has 2 N–H and O–H groups in total. The first-order valence-electron chi connectivity index (χ1n) is 7.60. The van der Waals surface area contributed by atoms with E-state index in [4.69, 9.17) is 0 Å². The molecule has 0 unspecified atom stereocenters. The van der Waals surface area contributed by atoms with Gasteiger partial charge in [-0.15, -0.1) is 0 Å². The van der Waals surface area contributed by atoms with Crippen LogP contribution in [0.5, 0.6) is 0 Å². The quantitative estimate of drug-likeness (QED) is 0.736. The first-order chi connectivity index (χ1) is 11.8. The van der Waals surface area contributed by atoms with E-state index in [0.717, 1.165) is 27.4 Å². The van der Waals surface area contributed by atoms with Crippen molar-refractivity contribution in [1.29, 1.82) is 0 Å². The number of hydrogen-bond donors (Lipinski definition) is 2. The molecule has 0 fully saturated rings. The number of fused-ring (bicyclic) bond motifs is 1. The monoisotopic (exact) mass is 357 g/mol. The molecule has 128 valence electrons. The number of aromatic nitrogens is 1. The number of amides is 2. The van der Waals surface area contributed by atoms with Crippen LogP contribution < -0.4 is 10.6 Å². The Labute approximate surface area is 147 Å². The van der Waals surface area contributed by atoms with Crippen LogP contribution in [0.2, 0.25) is 0 Å². The Balaban J connectivity index is 1.89. The van der Waals surface area contributed by atoms with Crippen molar-refractivity contribution in [1.82, 2.24) is 4.98 Å². The second kappa shape index (κ2) is 6.60. The number of thiazole rings is 1. The van der Waals surface area contributed by atoms with Crippen LogP contribution in [0.25, 0.3) is 10.2 Å². The summed E-state index contributed by atoms with van der Waals surface area (Å²) in [4.78, 5) is 27.9. The molecule has 1 heterocycles. The molecule has 7 heteroatoms. The summed E-state index contributed by atoms with van der Waals surface area (Å²) >= 11 is 1.33. The minimum absolute atomic E-state index is 0.154. The number of hydrogen-bond acceptors (Lipinski definition) is 4. The van der Waals surface area contributed by atoms with Crippen LogP contribution in [0, 0.1) is 19.7 Å². The molecule has 25 heavy (non-hydrogen) atoms. The van der Waals surface area contributed by atoms with Gasteiger partial charge < -0.3 is 5.32 Å². The topological polar surface area (TPSA) is 71.1 Å². The zero-order valence-electron chi connectivity index (χ0n) is 13.9. The van der Waals surface area contributed by atoms with Gasteiger partial charge in [-0.05, 0) is 49.2 Å². The molecule has 0 atom stereocenters.